The first-order valence-electron chi connectivity index (χ1n) is 6.28. The molecule has 0 spiro atoms. The molecule has 0 atom stereocenters. The maximum atomic E-state index is 11.8. The Hall–Kier alpha value is -2.57. The second kappa shape index (κ2) is 7.13. The van der Waals surface area contributed by atoms with Crippen molar-refractivity contribution in [2.45, 2.75) is 0 Å². The number of nitro benzene ring substituents is 1. The lowest BCUT2D eigenvalue weighted by atomic mass is 10.1. The summed E-state index contributed by atoms with van der Waals surface area (Å²) in [6.07, 6.45) is 0.962. The SMILES string of the molecule is O=C(/C=C(\O)c1ccc([N+](=O)[O-])cc1)Nc1ccc(Cl)c(Cl)c1. The molecule has 1 amide bonds. The van der Waals surface area contributed by atoms with Gasteiger partial charge in [-0.2, -0.15) is 0 Å². The molecule has 0 bridgehead atoms. The zero-order valence-electron chi connectivity index (χ0n) is 11.5. The maximum absolute atomic E-state index is 11.8. The maximum Gasteiger partial charge on any atom is 0.269 e. The van der Waals surface area contributed by atoms with E-state index >= 15 is 0 Å². The highest BCUT2D eigenvalue weighted by molar-refractivity contribution is 6.42. The molecule has 2 aromatic rings. The molecule has 0 aliphatic rings. The Morgan fingerprint density at radius 3 is 2.35 bits per heavy atom. The minimum Gasteiger partial charge on any atom is -0.507 e. The second-order valence-electron chi connectivity index (χ2n) is 4.45. The van der Waals surface area contributed by atoms with Gasteiger partial charge in [-0.25, -0.2) is 0 Å². The van der Waals surface area contributed by atoms with Crippen molar-refractivity contribution in [1.29, 1.82) is 0 Å². The van der Waals surface area contributed by atoms with Crippen LogP contribution >= 0.6 is 23.2 Å². The van der Waals surface area contributed by atoms with Gasteiger partial charge in [0.15, 0.2) is 0 Å². The molecule has 0 heterocycles. The number of benzene rings is 2. The lowest BCUT2D eigenvalue weighted by Crippen LogP contribution is -2.08. The molecular weight excluding hydrogens is 343 g/mol. The summed E-state index contributed by atoms with van der Waals surface area (Å²) in [5.41, 5.74) is 0.582. The molecule has 0 radical (unpaired) electrons. The summed E-state index contributed by atoms with van der Waals surface area (Å²) in [6, 6.07) is 9.71. The van der Waals surface area contributed by atoms with E-state index < -0.39 is 10.8 Å². The summed E-state index contributed by atoms with van der Waals surface area (Å²) in [6.45, 7) is 0. The van der Waals surface area contributed by atoms with E-state index in [1.807, 2.05) is 0 Å². The first-order valence-corrected chi connectivity index (χ1v) is 7.04. The van der Waals surface area contributed by atoms with Gasteiger partial charge in [-0.15, -0.1) is 0 Å². The average Bonchev–Trinajstić information content (AvgIpc) is 2.51. The van der Waals surface area contributed by atoms with Crippen LogP contribution in [-0.4, -0.2) is 15.9 Å². The van der Waals surface area contributed by atoms with Gasteiger partial charge >= 0.3 is 0 Å². The average molecular weight is 353 g/mol. The van der Waals surface area contributed by atoms with Crippen molar-refractivity contribution >= 4 is 46.2 Å². The lowest BCUT2D eigenvalue weighted by Gasteiger charge is -2.05. The molecule has 0 saturated carbocycles. The van der Waals surface area contributed by atoms with Crippen LogP contribution in [0.5, 0.6) is 0 Å². The van der Waals surface area contributed by atoms with Crippen molar-refractivity contribution in [3.63, 3.8) is 0 Å². The highest BCUT2D eigenvalue weighted by Crippen LogP contribution is 2.25. The molecule has 6 nitrogen and oxygen atoms in total. The van der Waals surface area contributed by atoms with E-state index in [1.165, 1.54) is 36.4 Å². The van der Waals surface area contributed by atoms with Gasteiger partial charge in [-0.05, 0) is 30.3 Å². The molecule has 23 heavy (non-hydrogen) atoms. The number of carbonyl (C=O) groups excluding carboxylic acids is 1. The van der Waals surface area contributed by atoms with Crippen molar-refractivity contribution < 1.29 is 14.8 Å². The van der Waals surface area contributed by atoms with Gasteiger partial charge in [0.25, 0.3) is 11.6 Å². The molecule has 0 aliphatic heterocycles. The van der Waals surface area contributed by atoms with Crippen molar-refractivity contribution in [2.24, 2.45) is 0 Å². The monoisotopic (exact) mass is 352 g/mol. The predicted octanol–water partition coefficient (Wildman–Crippen LogP) is 4.44. The van der Waals surface area contributed by atoms with E-state index in [2.05, 4.69) is 5.32 Å². The van der Waals surface area contributed by atoms with Gasteiger partial charge in [0.1, 0.15) is 5.76 Å². The van der Waals surface area contributed by atoms with Gasteiger partial charge < -0.3 is 10.4 Å². The number of anilines is 1. The van der Waals surface area contributed by atoms with E-state index in [1.54, 1.807) is 6.07 Å². The Kier molecular flexibility index (Phi) is 5.20. The molecule has 0 fully saturated rings. The molecule has 2 aromatic carbocycles. The van der Waals surface area contributed by atoms with Crippen LogP contribution in [0.15, 0.2) is 48.5 Å². The largest absolute Gasteiger partial charge is 0.507 e. The number of carbonyl (C=O) groups is 1. The molecule has 0 saturated heterocycles. The number of nitrogens with zero attached hydrogens (tertiary/aromatic N) is 1. The van der Waals surface area contributed by atoms with E-state index in [9.17, 15) is 20.0 Å². The number of aliphatic hydroxyl groups is 1. The van der Waals surface area contributed by atoms with E-state index in [0.29, 0.717) is 10.7 Å². The summed E-state index contributed by atoms with van der Waals surface area (Å²) in [7, 11) is 0. The third kappa shape index (κ3) is 4.45. The Morgan fingerprint density at radius 1 is 1.13 bits per heavy atom. The van der Waals surface area contributed by atoms with Crippen LogP contribution in [0.3, 0.4) is 0 Å². The van der Waals surface area contributed by atoms with Crippen LogP contribution in [0.25, 0.3) is 5.76 Å². The highest BCUT2D eigenvalue weighted by Gasteiger charge is 2.08. The lowest BCUT2D eigenvalue weighted by molar-refractivity contribution is -0.384. The number of hydrogen-bond donors (Lipinski definition) is 2. The number of nitro groups is 1. The summed E-state index contributed by atoms with van der Waals surface area (Å²) in [5, 5.41) is 23.6. The van der Waals surface area contributed by atoms with Crippen LogP contribution in [0.1, 0.15) is 5.56 Å². The number of amides is 1. The van der Waals surface area contributed by atoms with Crippen LogP contribution in [-0.2, 0) is 4.79 Å². The first-order chi connectivity index (χ1) is 10.9. The third-order valence-corrected chi connectivity index (χ3v) is 3.57. The topological polar surface area (TPSA) is 92.5 Å². The molecule has 2 N–H and O–H groups in total. The predicted molar refractivity (Wildman–Crippen MR) is 88.8 cm³/mol. The smallest absolute Gasteiger partial charge is 0.269 e. The Morgan fingerprint density at radius 2 is 1.78 bits per heavy atom. The van der Waals surface area contributed by atoms with Crippen LogP contribution < -0.4 is 5.32 Å². The number of non-ortho nitro benzene ring substituents is 1. The Balaban J connectivity index is 2.11. The number of nitrogens with one attached hydrogen (secondary N) is 1. The molecular formula is C15H10Cl2N2O4. The second-order valence-corrected chi connectivity index (χ2v) is 5.27. The quantitative estimate of drug-likeness (QED) is 0.368. The van der Waals surface area contributed by atoms with Crippen LogP contribution in [0, 0.1) is 10.1 Å². The fourth-order valence-corrected chi connectivity index (χ4v) is 2.01. The fourth-order valence-electron chi connectivity index (χ4n) is 1.71. The summed E-state index contributed by atoms with van der Waals surface area (Å²) in [4.78, 5) is 21.8. The van der Waals surface area contributed by atoms with E-state index in [-0.39, 0.29) is 22.0 Å². The van der Waals surface area contributed by atoms with Crippen LogP contribution in [0.4, 0.5) is 11.4 Å². The third-order valence-electron chi connectivity index (χ3n) is 2.83. The van der Waals surface area contributed by atoms with Gasteiger partial charge in [0, 0.05) is 29.5 Å². The molecule has 0 aromatic heterocycles. The number of halogens is 2. The molecule has 8 heteroatoms. The summed E-state index contributed by atoms with van der Waals surface area (Å²) in [5.74, 6) is -0.906. The van der Waals surface area contributed by atoms with Gasteiger partial charge in [0.2, 0.25) is 0 Å². The Bertz CT molecular complexity index is 789. The minimum absolute atomic E-state index is 0.109. The van der Waals surface area contributed by atoms with Crippen molar-refractivity contribution in [3.8, 4) is 0 Å². The summed E-state index contributed by atoms with van der Waals surface area (Å²) >= 11 is 11.6. The molecule has 2 rings (SSSR count). The first kappa shape index (κ1) is 16.8. The number of rotatable bonds is 4. The number of hydrogen-bond acceptors (Lipinski definition) is 4. The van der Waals surface area contributed by atoms with Gasteiger partial charge in [-0.3, -0.25) is 14.9 Å². The van der Waals surface area contributed by atoms with Crippen LogP contribution in [0.2, 0.25) is 10.0 Å². The zero-order chi connectivity index (χ0) is 17.0. The summed E-state index contributed by atoms with van der Waals surface area (Å²) < 4.78 is 0. The zero-order valence-corrected chi connectivity index (χ0v) is 13.0. The normalized spacial score (nSPS) is 11.1. The van der Waals surface area contributed by atoms with Gasteiger partial charge in [0.05, 0.1) is 15.0 Å². The standard InChI is InChI=1S/C15H10Cl2N2O4/c16-12-6-3-10(7-13(12)17)18-15(21)8-14(20)9-1-4-11(5-2-9)19(22)23/h1-8,20H,(H,18,21)/b14-8-. The minimum atomic E-state index is -0.584. The van der Waals surface area contributed by atoms with Crippen molar-refractivity contribution in [3.05, 3.63) is 74.3 Å². The highest BCUT2D eigenvalue weighted by atomic mass is 35.5. The van der Waals surface area contributed by atoms with Crippen molar-refractivity contribution in [2.75, 3.05) is 5.32 Å². The fraction of sp³-hybridized carbons (Fsp3) is 0. The molecule has 0 unspecified atom stereocenters. The molecule has 0 aliphatic carbocycles. The van der Waals surface area contributed by atoms with E-state index in [0.717, 1.165) is 6.08 Å². The van der Waals surface area contributed by atoms with Crippen molar-refractivity contribution in [1.82, 2.24) is 0 Å². The Labute approximate surface area is 141 Å². The van der Waals surface area contributed by atoms with E-state index in [4.69, 9.17) is 23.2 Å². The van der Waals surface area contributed by atoms with Gasteiger partial charge in [-0.1, -0.05) is 23.2 Å². The molecule has 118 valence electrons. The number of aliphatic hydroxyl groups excluding tert-OH is 1.